The molecule has 0 radical (unpaired) electrons. The number of thiophene rings is 1. The van der Waals surface area contributed by atoms with Gasteiger partial charge in [0.15, 0.2) is 0 Å². The first-order valence-corrected chi connectivity index (χ1v) is 12.5. The average Bonchev–Trinajstić information content (AvgIpc) is 3.52. The number of benzene rings is 4. The second-order valence-electron chi connectivity index (χ2n) is 9.12. The van der Waals surface area contributed by atoms with E-state index in [-0.39, 0.29) is 5.41 Å². The van der Waals surface area contributed by atoms with Crippen LogP contribution in [0.1, 0.15) is 21.6 Å². The average molecular weight is 450 g/mol. The van der Waals surface area contributed by atoms with Crippen molar-refractivity contribution in [2.75, 3.05) is 0 Å². The van der Waals surface area contributed by atoms with Crippen LogP contribution >= 0.6 is 11.3 Å². The summed E-state index contributed by atoms with van der Waals surface area (Å²) in [7, 11) is 0. The zero-order valence-electron chi connectivity index (χ0n) is 18.3. The van der Waals surface area contributed by atoms with Crippen molar-refractivity contribution in [3.05, 3.63) is 137 Å². The first-order valence-electron chi connectivity index (χ1n) is 11.6. The van der Waals surface area contributed by atoms with Gasteiger partial charge in [0.25, 0.3) is 0 Å². The molecule has 0 saturated heterocycles. The van der Waals surface area contributed by atoms with Gasteiger partial charge < -0.3 is 0 Å². The third kappa shape index (κ3) is 2.12. The fourth-order valence-corrected chi connectivity index (χ4v) is 7.69. The maximum atomic E-state index is 4.64. The zero-order chi connectivity index (χ0) is 22.3. The smallest absolute Gasteiger partial charge is 0.0819 e. The first kappa shape index (κ1) is 18.4. The second-order valence-corrected chi connectivity index (χ2v) is 10.2. The fourth-order valence-electron chi connectivity index (χ4n) is 6.24. The lowest BCUT2D eigenvalue weighted by molar-refractivity contribution is 0.812. The summed E-state index contributed by atoms with van der Waals surface area (Å²) in [4.78, 5) is 6.09. The molecule has 8 rings (SSSR count). The monoisotopic (exact) mass is 449 g/mol. The van der Waals surface area contributed by atoms with Crippen molar-refractivity contribution in [2.45, 2.75) is 5.41 Å². The third-order valence-corrected chi connectivity index (χ3v) is 8.83. The molecule has 1 nitrogen and oxygen atoms in total. The van der Waals surface area contributed by atoms with Gasteiger partial charge in [-0.3, -0.25) is 4.98 Å². The van der Waals surface area contributed by atoms with Crippen LogP contribution in [0.2, 0.25) is 0 Å². The fraction of sp³-hybridized carbons (Fsp3) is 0.0312. The number of hydrogen-bond acceptors (Lipinski definition) is 2. The Kier molecular flexibility index (Phi) is 3.54. The van der Waals surface area contributed by atoms with Gasteiger partial charge in [0, 0.05) is 32.3 Å². The molecule has 0 atom stereocenters. The highest BCUT2D eigenvalue weighted by molar-refractivity contribution is 7.20. The summed E-state index contributed by atoms with van der Waals surface area (Å²) >= 11 is 1.95. The van der Waals surface area contributed by atoms with Crippen molar-refractivity contribution in [3.63, 3.8) is 0 Å². The Hall–Kier alpha value is -4.01. The van der Waals surface area contributed by atoms with E-state index in [9.17, 15) is 0 Å². The van der Waals surface area contributed by atoms with Crippen molar-refractivity contribution < 1.29 is 0 Å². The van der Waals surface area contributed by atoms with Crippen LogP contribution in [0.25, 0.3) is 43.6 Å². The van der Waals surface area contributed by atoms with Gasteiger partial charge in [-0.05, 0) is 57.6 Å². The summed E-state index contributed by atoms with van der Waals surface area (Å²) in [5.41, 5.74) is 11.5. The molecule has 4 aromatic carbocycles. The predicted octanol–water partition coefficient (Wildman–Crippen LogP) is 8.31. The molecule has 0 saturated carbocycles. The summed E-state index contributed by atoms with van der Waals surface area (Å²) in [5.74, 6) is 0. The van der Waals surface area contributed by atoms with E-state index in [4.69, 9.17) is 0 Å². The molecule has 0 fully saturated rings. The summed E-state index contributed by atoms with van der Waals surface area (Å²) in [6, 6.07) is 40.0. The molecule has 2 heteroatoms. The van der Waals surface area contributed by atoms with Crippen molar-refractivity contribution >= 4 is 21.4 Å². The van der Waals surface area contributed by atoms with Crippen LogP contribution in [0.15, 0.2) is 115 Å². The largest absolute Gasteiger partial charge is 0.256 e. The van der Waals surface area contributed by atoms with Crippen molar-refractivity contribution in [1.29, 1.82) is 0 Å². The number of aromatic nitrogens is 1. The van der Waals surface area contributed by atoms with E-state index in [0.29, 0.717) is 0 Å². The first-order chi connectivity index (χ1) is 16.9. The normalized spacial score (nSPS) is 14.1. The maximum absolute atomic E-state index is 4.64. The Morgan fingerprint density at radius 3 is 2.03 bits per heavy atom. The molecule has 2 aromatic heterocycles. The van der Waals surface area contributed by atoms with E-state index in [1.165, 1.54) is 53.9 Å². The molecule has 0 unspecified atom stereocenters. The molecule has 158 valence electrons. The summed E-state index contributed by atoms with van der Waals surface area (Å²) < 4.78 is 1.35. The lowest BCUT2D eigenvalue weighted by atomic mass is 9.74. The number of pyridine rings is 1. The highest BCUT2D eigenvalue weighted by Gasteiger charge is 2.53. The third-order valence-electron chi connectivity index (χ3n) is 7.54. The minimum absolute atomic E-state index is 0.274. The number of fused-ring (bicyclic) bond motifs is 12. The van der Waals surface area contributed by atoms with Gasteiger partial charge >= 0.3 is 0 Å². The SMILES string of the molecule is c1ccc(-c2ccc3c(c2)-c2c(sc4ccccc24)C32c3ccccc3-c3ccccc32)nc1. The molecule has 6 aromatic rings. The second kappa shape index (κ2) is 6.53. The molecule has 0 amide bonds. The Balaban J connectivity index is 1.56. The van der Waals surface area contributed by atoms with Gasteiger partial charge in [0.05, 0.1) is 11.1 Å². The standard InChI is InChI=1S/C32H19NS/c1-4-12-25-21(9-1)22-10-2-5-13-26(22)32(25)27-17-16-20(28-14-7-8-18-33-28)19-24(27)30-23-11-3-6-15-29(23)34-31(30)32/h1-19H. The molecule has 2 heterocycles. The molecule has 34 heavy (non-hydrogen) atoms. The highest BCUT2D eigenvalue weighted by atomic mass is 32.1. The van der Waals surface area contributed by atoms with Gasteiger partial charge in [0.1, 0.15) is 0 Å². The minimum atomic E-state index is -0.274. The van der Waals surface area contributed by atoms with Crippen LogP contribution in [-0.4, -0.2) is 4.98 Å². The van der Waals surface area contributed by atoms with Crippen LogP contribution < -0.4 is 0 Å². The van der Waals surface area contributed by atoms with Gasteiger partial charge in [-0.1, -0.05) is 84.9 Å². The maximum Gasteiger partial charge on any atom is 0.0819 e. The van der Waals surface area contributed by atoms with Crippen molar-refractivity contribution in [1.82, 2.24) is 4.98 Å². The molecule has 1 spiro atoms. The van der Waals surface area contributed by atoms with Crippen molar-refractivity contribution in [2.24, 2.45) is 0 Å². The Labute approximate surface area is 202 Å². The van der Waals surface area contributed by atoms with Gasteiger partial charge in [-0.15, -0.1) is 11.3 Å². The molecule has 0 bridgehead atoms. The Morgan fingerprint density at radius 2 is 1.26 bits per heavy atom. The molecule has 0 aliphatic heterocycles. The lowest BCUT2D eigenvalue weighted by Crippen LogP contribution is -2.24. The molecule has 0 N–H and O–H groups in total. The summed E-state index contributed by atoms with van der Waals surface area (Å²) in [6.07, 6.45) is 1.87. The minimum Gasteiger partial charge on any atom is -0.256 e. The summed E-state index contributed by atoms with van der Waals surface area (Å²) in [5, 5.41) is 1.35. The predicted molar refractivity (Wildman–Crippen MR) is 141 cm³/mol. The molecular weight excluding hydrogens is 430 g/mol. The van der Waals surface area contributed by atoms with E-state index in [1.807, 2.05) is 23.6 Å². The zero-order valence-corrected chi connectivity index (χ0v) is 19.1. The van der Waals surface area contributed by atoms with Crippen LogP contribution in [0, 0.1) is 0 Å². The topological polar surface area (TPSA) is 12.9 Å². The van der Waals surface area contributed by atoms with E-state index in [0.717, 1.165) is 11.3 Å². The van der Waals surface area contributed by atoms with Gasteiger partial charge in [0.2, 0.25) is 0 Å². The Morgan fingerprint density at radius 1 is 0.588 bits per heavy atom. The van der Waals surface area contributed by atoms with Crippen LogP contribution in [0.4, 0.5) is 0 Å². The van der Waals surface area contributed by atoms with Gasteiger partial charge in [-0.2, -0.15) is 0 Å². The van der Waals surface area contributed by atoms with E-state index < -0.39 is 0 Å². The van der Waals surface area contributed by atoms with E-state index in [2.05, 4.69) is 108 Å². The summed E-state index contributed by atoms with van der Waals surface area (Å²) in [6.45, 7) is 0. The molecule has 2 aliphatic carbocycles. The number of nitrogens with zero attached hydrogens (tertiary/aromatic N) is 1. The lowest BCUT2D eigenvalue weighted by Gasteiger charge is -2.29. The van der Waals surface area contributed by atoms with Gasteiger partial charge in [-0.25, -0.2) is 0 Å². The van der Waals surface area contributed by atoms with E-state index >= 15 is 0 Å². The quantitative estimate of drug-likeness (QED) is 0.246. The number of hydrogen-bond donors (Lipinski definition) is 0. The van der Waals surface area contributed by atoms with Crippen molar-refractivity contribution in [3.8, 4) is 33.5 Å². The molecular formula is C32H19NS. The highest BCUT2D eigenvalue weighted by Crippen LogP contribution is 2.66. The van der Waals surface area contributed by atoms with Crippen LogP contribution in [-0.2, 0) is 5.41 Å². The Bertz CT molecular complexity index is 1710. The van der Waals surface area contributed by atoms with Crippen LogP contribution in [0.5, 0.6) is 0 Å². The van der Waals surface area contributed by atoms with E-state index in [1.54, 1.807) is 0 Å². The van der Waals surface area contributed by atoms with Crippen LogP contribution in [0.3, 0.4) is 0 Å². The molecule has 2 aliphatic rings. The number of rotatable bonds is 1.